The maximum atomic E-state index is 13.1. The molecule has 0 spiro atoms. The Balaban J connectivity index is 2.01. The van der Waals surface area contributed by atoms with Crippen LogP contribution in [0, 0.1) is 19.7 Å². The molecule has 0 aliphatic heterocycles. The first-order valence-corrected chi connectivity index (χ1v) is 10.1. The molecule has 0 amide bonds. The lowest BCUT2D eigenvalue weighted by Gasteiger charge is -2.14. The molecule has 0 N–H and O–H groups in total. The second-order valence-electron chi connectivity index (χ2n) is 6.19. The molecule has 7 heteroatoms. The summed E-state index contributed by atoms with van der Waals surface area (Å²) in [6.45, 7) is 9.68. The third-order valence-corrected chi connectivity index (χ3v) is 6.54. The summed E-state index contributed by atoms with van der Waals surface area (Å²) in [5.41, 5.74) is 1.25. The van der Waals surface area contributed by atoms with E-state index in [4.69, 9.17) is 0 Å². The molecular weight excluding hydrogens is 383 g/mol. The molecule has 4 nitrogen and oxygen atoms in total. The van der Waals surface area contributed by atoms with E-state index in [1.54, 1.807) is 17.6 Å². The zero-order valence-electron chi connectivity index (χ0n) is 15.3. The molecule has 3 aromatic rings. The lowest BCUT2D eigenvalue weighted by Crippen LogP contribution is -2.24. The normalized spacial score (nSPS) is 12.3. The van der Waals surface area contributed by atoms with Gasteiger partial charge in [0.1, 0.15) is 10.6 Å². The van der Waals surface area contributed by atoms with Crippen molar-refractivity contribution in [2.45, 2.75) is 37.7 Å². The molecule has 0 aliphatic rings. The SMILES string of the molecule is C=CCn1c(S[C@@H](C)C(=O)c2ccc(F)cc2)nc2sc(C)c(C)c2c1=O. The average Bonchev–Trinajstić information content (AvgIpc) is 2.92. The first kappa shape index (κ1) is 19.5. The van der Waals surface area contributed by atoms with Crippen LogP contribution in [0.4, 0.5) is 4.39 Å². The van der Waals surface area contributed by atoms with E-state index < -0.39 is 5.25 Å². The van der Waals surface area contributed by atoms with Crippen molar-refractivity contribution >= 4 is 39.1 Å². The van der Waals surface area contributed by atoms with Crippen LogP contribution in [-0.4, -0.2) is 20.6 Å². The number of halogens is 1. The van der Waals surface area contributed by atoms with Crippen molar-refractivity contribution in [1.82, 2.24) is 9.55 Å². The van der Waals surface area contributed by atoms with E-state index in [9.17, 15) is 14.0 Å². The Morgan fingerprint density at radius 2 is 2.04 bits per heavy atom. The quantitative estimate of drug-likeness (QED) is 0.258. The summed E-state index contributed by atoms with van der Waals surface area (Å²) in [7, 11) is 0. The number of hydrogen-bond acceptors (Lipinski definition) is 5. The zero-order chi connectivity index (χ0) is 19.7. The van der Waals surface area contributed by atoms with Crippen molar-refractivity contribution in [3.63, 3.8) is 0 Å². The fourth-order valence-electron chi connectivity index (χ4n) is 2.75. The number of hydrogen-bond donors (Lipinski definition) is 0. The molecule has 1 aromatic carbocycles. The average molecular weight is 403 g/mol. The lowest BCUT2D eigenvalue weighted by atomic mass is 10.1. The van der Waals surface area contributed by atoms with Gasteiger partial charge >= 0.3 is 0 Å². The number of aryl methyl sites for hydroxylation is 2. The Bertz CT molecular complexity index is 1080. The van der Waals surface area contributed by atoms with Crippen LogP contribution in [0.1, 0.15) is 27.7 Å². The summed E-state index contributed by atoms with van der Waals surface area (Å²) in [4.78, 5) is 32.0. The summed E-state index contributed by atoms with van der Waals surface area (Å²) >= 11 is 2.71. The van der Waals surface area contributed by atoms with Crippen molar-refractivity contribution < 1.29 is 9.18 Å². The molecule has 0 aliphatic carbocycles. The van der Waals surface area contributed by atoms with Crippen LogP contribution in [0.5, 0.6) is 0 Å². The Hall–Kier alpha value is -2.25. The molecule has 2 heterocycles. The van der Waals surface area contributed by atoms with E-state index in [0.29, 0.717) is 27.5 Å². The minimum atomic E-state index is -0.474. The van der Waals surface area contributed by atoms with Gasteiger partial charge in [-0.15, -0.1) is 17.9 Å². The van der Waals surface area contributed by atoms with E-state index in [1.165, 1.54) is 47.4 Å². The van der Waals surface area contributed by atoms with Crippen LogP contribution in [0.25, 0.3) is 10.2 Å². The van der Waals surface area contributed by atoms with Crippen LogP contribution < -0.4 is 5.56 Å². The standard InChI is InChI=1S/C20H19FN2O2S2/c1-5-10-23-19(25)16-11(2)12(3)26-18(16)22-20(23)27-13(4)17(24)14-6-8-15(21)9-7-14/h5-9,13H,1,10H2,2-4H3/t13-/m0/s1. The Morgan fingerprint density at radius 1 is 1.37 bits per heavy atom. The maximum Gasteiger partial charge on any atom is 0.263 e. The first-order chi connectivity index (χ1) is 12.8. The number of ketones is 1. The number of fused-ring (bicyclic) bond motifs is 1. The lowest BCUT2D eigenvalue weighted by molar-refractivity contribution is 0.0994. The zero-order valence-corrected chi connectivity index (χ0v) is 16.9. The molecule has 1 atom stereocenters. The number of carbonyl (C=O) groups excluding carboxylic acids is 1. The van der Waals surface area contributed by atoms with Crippen molar-refractivity contribution in [2.24, 2.45) is 0 Å². The van der Waals surface area contributed by atoms with Gasteiger partial charge in [0.25, 0.3) is 5.56 Å². The second-order valence-corrected chi connectivity index (χ2v) is 8.70. The Labute approximate surface area is 164 Å². The molecule has 0 fully saturated rings. The summed E-state index contributed by atoms with van der Waals surface area (Å²) in [6, 6.07) is 5.46. The Kier molecular flexibility index (Phi) is 5.62. The van der Waals surface area contributed by atoms with Gasteiger partial charge in [-0.1, -0.05) is 17.8 Å². The molecule has 0 radical (unpaired) electrons. The number of rotatable bonds is 6. The van der Waals surface area contributed by atoms with Crippen LogP contribution in [0.2, 0.25) is 0 Å². The minimum Gasteiger partial charge on any atom is -0.293 e. The molecule has 140 valence electrons. The number of carbonyl (C=O) groups is 1. The summed E-state index contributed by atoms with van der Waals surface area (Å²) < 4.78 is 14.6. The predicted molar refractivity (Wildman–Crippen MR) is 110 cm³/mol. The number of allylic oxidation sites excluding steroid dienone is 1. The summed E-state index contributed by atoms with van der Waals surface area (Å²) in [5, 5.41) is 0.635. The molecule has 2 aromatic heterocycles. The highest BCUT2D eigenvalue weighted by atomic mass is 32.2. The monoisotopic (exact) mass is 402 g/mol. The highest BCUT2D eigenvalue weighted by Crippen LogP contribution is 2.30. The van der Waals surface area contributed by atoms with Crippen molar-refractivity contribution in [2.75, 3.05) is 0 Å². The van der Waals surface area contributed by atoms with Crippen molar-refractivity contribution in [3.8, 4) is 0 Å². The fraction of sp³-hybridized carbons (Fsp3) is 0.250. The largest absolute Gasteiger partial charge is 0.293 e. The maximum absolute atomic E-state index is 13.1. The van der Waals surface area contributed by atoms with Gasteiger partial charge in [-0.3, -0.25) is 14.2 Å². The molecule has 3 rings (SSSR count). The molecule has 0 bridgehead atoms. The highest BCUT2D eigenvalue weighted by Gasteiger charge is 2.22. The highest BCUT2D eigenvalue weighted by molar-refractivity contribution is 8.00. The molecule has 27 heavy (non-hydrogen) atoms. The van der Waals surface area contributed by atoms with Crippen LogP contribution in [-0.2, 0) is 6.54 Å². The number of aromatic nitrogens is 2. The van der Waals surface area contributed by atoms with Gasteiger partial charge in [0.15, 0.2) is 10.9 Å². The molecular formula is C20H19FN2O2S2. The van der Waals surface area contributed by atoms with Crippen molar-refractivity contribution in [1.29, 1.82) is 0 Å². The number of nitrogens with zero attached hydrogens (tertiary/aromatic N) is 2. The Morgan fingerprint density at radius 3 is 2.67 bits per heavy atom. The van der Waals surface area contributed by atoms with Gasteiger partial charge in [0, 0.05) is 17.0 Å². The third-order valence-electron chi connectivity index (χ3n) is 4.35. The first-order valence-electron chi connectivity index (χ1n) is 8.41. The van der Waals surface area contributed by atoms with E-state index in [2.05, 4.69) is 11.6 Å². The van der Waals surface area contributed by atoms with Gasteiger partial charge in [-0.05, 0) is 50.6 Å². The van der Waals surface area contributed by atoms with Crippen LogP contribution in [0.15, 0.2) is 46.9 Å². The van der Waals surface area contributed by atoms with Gasteiger partial charge in [-0.2, -0.15) is 0 Å². The van der Waals surface area contributed by atoms with E-state index in [0.717, 1.165) is 10.4 Å². The summed E-state index contributed by atoms with van der Waals surface area (Å²) in [6.07, 6.45) is 1.64. The predicted octanol–water partition coefficient (Wildman–Crippen LogP) is 4.76. The van der Waals surface area contributed by atoms with E-state index >= 15 is 0 Å². The minimum absolute atomic E-state index is 0.120. The second kappa shape index (κ2) is 7.78. The van der Waals surface area contributed by atoms with Gasteiger partial charge in [0.2, 0.25) is 0 Å². The van der Waals surface area contributed by atoms with Crippen molar-refractivity contribution in [3.05, 3.63) is 69.1 Å². The number of benzene rings is 1. The van der Waals surface area contributed by atoms with E-state index in [-0.39, 0.29) is 17.2 Å². The van der Waals surface area contributed by atoms with Gasteiger partial charge < -0.3 is 0 Å². The third kappa shape index (κ3) is 3.75. The molecule has 0 saturated heterocycles. The molecule has 0 saturated carbocycles. The van der Waals surface area contributed by atoms with Gasteiger partial charge in [0.05, 0.1) is 10.6 Å². The van der Waals surface area contributed by atoms with Crippen LogP contribution in [0.3, 0.4) is 0 Å². The summed E-state index contributed by atoms with van der Waals surface area (Å²) in [5.74, 6) is -0.528. The topological polar surface area (TPSA) is 52.0 Å². The van der Waals surface area contributed by atoms with E-state index in [1.807, 2.05) is 13.8 Å². The smallest absolute Gasteiger partial charge is 0.263 e. The number of thiophene rings is 1. The van der Waals surface area contributed by atoms with Gasteiger partial charge in [-0.25, -0.2) is 9.37 Å². The number of thioether (sulfide) groups is 1. The number of Topliss-reactive ketones (excluding diaryl/α,β-unsaturated/α-hetero) is 1. The molecule has 0 unspecified atom stereocenters. The van der Waals surface area contributed by atoms with Crippen LogP contribution >= 0.6 is 23.1 Å². The fourth-order valence-corrected chi connectivity index (χ4v) is 4.81.